The van der Waals surface area contributed by atoms with Gasteiger partial charge in [0.1, 0.15) is 23.1 Å². The average molecular weight is 527 g/mol. The van der Waals surface area contributed by atoms with Crippen LogP contribution in [-0.2, 0) is 11.2 Å². The minimum absolute atomic E-state index is 0.258. The van der Waals surface area contributed by atoms with Crippen LogP contribution in [0.15, 0.2) is 60.7 Å². The van der Waals surface area contributed by atoms with Crippen molar-refractivity contribution >= 4 is 17.6 Å². The maximum absolute atomic E-state index is 14.5. The van der Waals surface area contributed by atoms with Crippen molar-refractivity contribution in [1.82, 2.24) is 10.6 Å². The Balaban J connectivity index is 1.82. The van der Waals surface area contributed by atoms with E-state index in [1.54, 1.807) is 55.5 Å². The summed E-state index contributed by atoms with van der Waals surface area (Å²) in [6, 6.07) is 15.3. The molecule has 37 heavy (non-hydrogen) atoms. The maximum Gasteiger partial charge on any atom is 0.315 e. The number of benzene rings is 3. The summed E-state index contributed by atoms with van der Waals surface area (Å²) >= 11 is 6.22. The number of aliphatic hydroxyl groups is 1. The number of fused-ring (bicyclic) bond motifs is 3. The fourth-order valence-corrected chi connectivity index (χ4v) is 6.01. The summed E-state index contributed by atoms with van der Waals surface area (Å²) in [6.45, 7) is 2.21. The van der Waals surface area contributed by atoms with Crippen LogP contribution in [0.25, 0.3) is 0 Å². The van der Waals surface area contributed by atoms with Crippen LogP contribution in [0.5, 0.6) is 17.2 Å². The van der Waals surface area contributed by atoms with Crippen LogP contribution in [0.3, 0.4) is 0 Å². The molecule has 0 bridgehead atoms. The lowest BCUT2D eigenvalue weighted by molar-refractivity contribution is -0.116. The molecule has 2 aliphatic rings. The lowest BCUT2D eigenvalue weighted by atomic mass is 9.71. The topological polar surface area (TPSA) is 89.1 Å². The van der Waals surface area contributed by atoms with Gasteiger partial charge in [-0.2, -0.15) is 0 Å². The standard InChI is InChI=1S/C28H28ClFN2O5/c1-4-31-26(33)32-24-15-21(16-6-5-7-19(30)12-16)28(17-8-10-18(29)11-9-17)27(24,34)25-22(36-3)13-20(35-2)14-23(25)37-28/h5-14,21,24,34H,4,15H2,1-3H3,(H2,31,32,33)/t21-,24-,27+,28-/m0/s1. The van der Waals surface area contributed by atoms with Crippen molar-refractivity contribution in [2.75, 3.05) is 20.8 Å². The second-order valence-corrected chi connectivity index (χ2v) is 9.65. The largest absolute Gasteiger partial charge is 0.496 e. The summed E-state index contributed by atoms with van der Waals surface area (Å²) in [5, 5.41) is 19.1. The van der Waals surface area contributed by atoms with Gasteiger partial charge in [-0.15, -0.1) is 0 Å². The Bertz CT molecular complexity index is 1340. The lowest BCUT2D eigenvalue weighted by Crippen LogP contribution is -2.57. The third-order valence-corrected chi connectivity index (χ3v) is 7.60. The molecule has 3 N–H and O–H groups in total. The number of carbonyl (C=O) groups excluding carboxylic acids is 1. The molecule has 0 saturated heterocycles. The zero-order chi connectivity index (χ0) is 26.4. The highest BCUT2D eigenvalue weighted by Crippen LogP contribution is 2.68. The van der Waals surface area contributed by atoms with E-state index in [1.165, 1.54) is 26.4 Å². The number of carbonyl (C=O) groups is 1. The van der Waals surface area contributed by atoms with Crippen molar-refractivity contribution in [3.05, 3.63) is 88.2 Å². The molecule has 0 unspecified atom stereocenters. The fourth-order valence-electron chi connectivity index (χ4n) is 5.88. The molecule has 1 fully saturated rings. The SMILES string of the molecule is CCNC(=O)N[C@H]1C[C@@H](c2cccc(F)c2)[C@]2(c3ccc(Cl)cc3)Oc3cc(OC)cc(OC)c3[C@]12O. The minimum atomic E-state index is -1.81. The second-order valence-electron chi connectivity index (χ2n) is 9.21. The molecule has 4 atom stereocenters. The number of amides is 2. The van der Waals surface area contributed by atoms with Gasteiger partial charge in [0.05, 0.1) is 25.8 Å². The molecule has 194 valence electrons. The monoisotopic (exact) mass is 526 g/mol. The van der Waals surface area contributed by atoms with Crippen molar-refractivity contribution in [2.24, 2.45) is 0 Å². The third kappa shape index (κ3) is 3.78. The van der Waals surface area contributed by atoms with E-state index < -0.39 is 35.0 Å². The van der Waals surface area contributed by atoms with Crippen LogP contribution in [-0.4, -0.2) is 37.9 Å². The van der Waals surface area contributed by atoms with E-state index in [0.717, 1.165) is 0 Å². The number of methoxy groups -OCH3 is 2. The Labute approximate surface area is 219 Å². The van der Waals surface area contributed by atoms with E-state index in [2.05, 4.69) is 10.6 Å². The number of hydrogen-bond acceptors (Lipinski definition) is 5. The number of urea groups is 1. The van der Waals surface area contributed by atoms with Gasteiger partial charge in [-0.1, -0.05) is 35.9 Å². The average Bonchev–Trinajstić information content (AvgIpc) is 3.29. The number of nitrogens with one attached hydrogen (secondary N) is 2. The molecule has 3 aromatic carbocycles. The van der Waals surface area contributed by atoms with Gasteiger partial charge in [-0.3, -0.25) is 0 Å². The Morgan fingerprint density at radius 1 is 1.16 bits per heavy atom. The van der Waals surface area contributed by atoms with Crippen LogP contribution in [0.2, 0.25) is 5.02 Å². The zero-order valence-corrected chi connectivity index (χ0v) is 21.4. The quantitative estimate of drug-likeness (QED) is 0.427. The molecule has 2 amide bonds. The molecular weight excluding hydrogens is 499 g/mol. The number of halogens is 2. The molecule has 1 heterocycles. The zero-order valence-electron chi connectivity index (χ0n) is 20.7. The third-order valence-electron chi connectivity index (χ3n) is 7.35. The molecule has 1 saturated carbocycles. The Morgan fingerprint density at radius 3 is 2.57 bits per heavy atom. The van der Waals surface area contributed by atoms with Crippen molar-refractivity contribution in [1.29, 1.82) is 0 Å². The summed E-state index contributed by atoms with van der Waals surface area (Å²) in [5.41, 5.74) is -1.65. The lowest BCUT2D eigenvalue weighted by Gasteiger charge is -2.41. The van der Waals surface area contributed by atoms with Crippen molar-refractivity contribution < 1.29 is 28.5 Å². The number of ether oxygens (including phenoxy) is 3. The first kappa shape index (κ1) is 25.2. The van der Waals surface area contributed by atoms with Crippen molar-refractivity contribution in [2.45, 2.75) is 36.5 Å². The molecule has 0 spiro atoms. The van der Waals surface area contributed by atoms with Gasteiger partial charge in [-0.25, -0.2) is 9.18 Å². The van der Waals surface area contributed by atoms with E-state index in [9.17, 15) is 14.3 Å². The summed E-state index contributed by atoms with van der Waals surface area (Å²) in [6.07, 6.45) is 0.258. The molecule has 0 radical (unpaired) electrons. The van der Waals surface area contributed by atoms with Gasteiger partial charge in [0.15, 0.2) is 11.2 Å². The first-order valence-electron chi connectivity index (χ1n) is 12.0. The second kappa shape index (κ2) is 9.43. The van der Waals surface area contributed by atoms with Crippen LogP contribution in [0, 0.1) is 5.82 Å². The molecular formula is C28H28ClFN2O5. The van der Waals surface area contributed by atoms with E-state index in [-0.39, 0.29) is 6.42 Å². The molecule has 1 aliphatic heterocycles. The maximum atomic E-state index is 14.5. The van der Waals surface area contributed by atoms with Crippen LogP contribution in [0.4, 0.5) is 9.18 Å². The number of hydrogen-bond donors (Lipinski definition) is 3. The van der Waals surface area contributed by atoms with E-state index in [0.29, 0.717) is 45.5 Å². The van der Waals surface area contributed by atoms with Gasteiger partial charge >= 0.3 is 6.03 Å². The summed E-state index contributed by atoms with van der Waals surface area (Å²) in [4.78, 5) is 12.8. The summed E-state index contributed by atoms with van der Waals surface area (Å²) in [7, 11) is 3.02. The molecule has 1 aliphatic carbocycles. The highest BCUT2D eigenvalue weighted by atomic mass is 35.5. The Hall–Kier alpha value is -3.49. The Morgan fingerprint density at radius 2 is 1.92 bits per heavy atom. The summed E-state index contributed by atoms with van der Waals surface area (Å²) in [5.74, 6) is 0.181. The number of rotatable bonds is 6. The normalized spacial score (nSPS) is 25.6. The van der Waals surface area contributed by atoms with Crippen LogP contribution >= 0.6 is 11.6 Å². The van der Waals surface area contributed by atoms with Crippen molar-refractivity contribution in [3.8, 4) is 17.2 Å². The molecule has 7 nitrogen and oxygen atoms in total. The highest BCUT2D eigenvalue weighted by Gasteiger charge is 2.74. The van der Waals surface area contributed by atoms with Gasteiger partial charge < -0.3 is 30.0 Å². The van der Waals surface area contributed by atoms with Gasteiger partial charge in [0.2, 0.25) is 0 Å². The fraction of sp³-hybridized carbons (Fsp3) is 0.321. The van der Waals surface area contributed by atoms with Gasteiger partial charge in [-0.05, 0) is 48.7 Å². The smallest absolute Gasteiger partial charge is 0.315 e. The van der Waals surface area contributed by atoms with Gasteiger partial charge in [0, 0.05) is 29.6 Å². The molecule has 5 rings (SSSR count). The highest BCUT2D eigenvalue weighted by molar-refractivity contribution is 6.30. The first-order valence-corrected chi connectivity index (χ1v) is 12.4. The van der Waals surface area contributed by atoms with Crippen LogP contribution < -0.4 is 24.8 Å². The van der Waals surface area contributed by atoms with Gasteiger partial charge in [0.25, 0.3) is 0 Å². The minimum Gasteiger partial charge on any atom is -0.496 e. The van der Waals surface area contributed by atoms with E-state index in [1.807, 2.05) is 0 Å². The molecule has 3 aromatic rings. The summed E-state index contributed by atoms with van der Waals surface area (Å²) < 4.78 is 32.4. The predicted molar refractivity (Wildman–Crippen MR) is 137 cm³/mol. The Kier molecular flexibility index (Phi) is 6.41. The van der Waals surface area contributed by atoms with Crippen molar-refractivity contribution in [3.63, 3.8) is 0 Å². The van der Waals surface area contributed by atoms with E-state index in [4.69, 9.17) is 25.8 Å². The molecule has 0 aromatic heterocycles. The van der Waals surface area contributed by atoms with Crippen LogP contribution in [0.1, 0.15) is 36.0 Å². The predicted octanol–water partition coefficient (Wildman–Crippen LogP) is 4.85. The first-order chi connectivity index (χ1) is 17.8. The van der Waals surface area contributed by atoms with E-state index >= 15 is 0 Å². The molecule has 9 heteroatoms.